The van der Waals surface area contributed by atoms with E-state index in [0.717, 1.165) is 5.03 Å². The maximum Gasteiger partial charge on any atom is 0.223 e. The number of rotatable bonds is 2. The molecule has 0 aliphatic rings. The maximum absolute atomic E-state index is 5.74. The molecule has 0 aliphatic carbocycles. The minimum absolute atomic E-state index is 0.286. The van der Waals surface area contributed by atoms with Crippen molar-refractivity contribution in [2.45, 2.75) is 23.8 Å². The normalized spacial score (nSPS) is 10.4. The van der Waals surface area contributed by atoms with Crippen molar-refractivity contribution in [1.29, 1.82) is 0 Å². The van der Waals surface area contributed by atoms with E-state index >= 15 is 0 Å². The summed E-state index contributed by atoms with van der Waals surface area (Å²) in [5, 5.41) is 1.15. The van der Waals surface area contributed by atoms with Crippen molar-refractivity contribution < 1.29 is 0 Å². The van der Waals surface area contributed by atoms with Gasteiger partial charge in [-0.25, -0.2) is 9.97 Å². The SMILES string of the molecule is Cc1cc(C)cc(Sc2ccnc(Cl)n2)c1. The summed E-state index contributed by atoms with van der Waals surface area (Å²) in [7, 11) is 0. The first-order chi connectivity index (χ1) is 7.63. The van der Waals surface area contributed by atoms with Crippen LogP contribution in [0, 0.1) is 13.8 Å². The first-order valence-electron chi connectivity index (χ1n) is 4.88. The second kappa shape index (κ2) is 4.85. The van der Waals surface area contributed by atoms with Gasteiger partial charge in [0.05, 0.1) is 0 Å². The van der Waals surface area contributed by atoms with E-state index in [-0.39, 0.29) is 5.28 Å². The quantitative estimate of drug-likeness (QED) is 0.597. The Morgan fingerprint density at radius 2 is 1.81 bits per heavy atom. The van der Waals surface area contributed by atoms with Gasteiger partial charge in [0.15, 0.2) is 0 Å². The molecule has 0 spiro atoms. The van der Waals surface area contributed by atoms with Crippen LogP contribution in [0.5, 0.6) is 0 Å². The lowest BCUT2D eigenvalue weighted by Crippen LogP contribution is -1.85. The Bertz CT molecular complexity index is 494. The van der Waals surface area contributed by atoms with Gasteiger partial charge in [-0.3, -0.25) is 0 Å². The van der Waals surface area contributed by atoms with Crippen molar-refractivity contribution in [3.63, 3.8) is 0 Å². The molecule has 0 unspecified atom stereocenters. The monoisotopic (exact) mass is 250 g/mol. The Kier molecular flexibility index (Phi) is 3.46. The Morgan fingerprint density at radius 1 is 1.12 bits per heavy atom. The molecule has 2 rings (SSSR count). The minimum atomic E-state index is 0.286. The van der Waals surface area contributed by atoms with Crippen LogP contribution in [0.1, 0.15) is 11.1 Å². The van der Waals surface area contributed by atoms with Crippen LogP contribution < -0.4 is 0 Å². The van der Waals surface area contributed by atoms with E-state index in [1.54, 1.807) is 18.0 Å². The molecule has 16 heavy (non-hydrogen) atoms. The lowest BCUT2D eigenvalue weighted by atomic mass is 10.2. The van der Waals surface area contributed by atoms with Crippen LogP contribution in [0.3, 0.4) is 0 Å². The molecule has 2 nitrogen and oxygen atoms in total. The third-order valence-electron chi connectivity index (χ3n) is 2.02. The van der Waals surface area contributed by atoms with E-state index in [1.165, 1.54) is 16.0 Å². The van der Waals surface area contributed by atoms with E-state index in [9.17, 15) is 0 Å². The molecule has 0 N–H and O–H groups in total. The maximum atomic E-state index is 5.74. The molecule has 0 radical (unpaired) electrons. The summed E-state index contributed by atoms with van der Waals surface area (Å²) in [5.74, 6) is 0. The van der Waals surface area contributed by atoms with Gasteiger partial charge in [0.2, 0.25) is 5.28 Å². The molecule has 0 amide bonds. The van der Waals surface area contributed by atoms with E-state index in [0.29, 0.717) is 0 Å². The first-order valence-corrected chi connectivity index (χ1v) is 6.07. The van der Waals surface area contributed by atoms with Crippen LogP contribution in [-0.2, 0) is 0 Å². The third-order valence-corrected chi connectivity index (χ3v) is 3.11. The summed E-state index contributed by atoms with van der Waals surface area (Å²) in [6, 6.07) is 8.27. The highest BCUT2D eigenvalue weighted by atomic mass is 35.5. The number of hydrogen-bond acceptors (Lipinski definition) is 3. The molecule has 0 aliphatic heterocycles. The fraction of sp³-hybridized carbons (Fsp3) is 0.167. The molecule has 0 atom stereocenters. The standard InChI is InChI=1S/C12H11ClN2S/c1-8-5-9(2)7-10(6-8)16-11-3-4-14-12(13)15-11/h3-7H,1-2H3. The smallest absolute Gasteiger partial charge is 0.223 e. The zero-order valence-corrected chi connectivity index (χ0v) is 10.6. The van der Waals surface area contributed by atoms with Crippen molar-refractivity contribution in [3.8, 4) is 0 Å². The highest BCUT2D eigenvalue weighted by Crippen LogP contribution is 2.27. The fourth-order valence-corrected chi connectivity index (χ4v) is 2.68. The predicted molar refractivity (Wildman–Crippen MR) is 67.1 cm³/mol. The fourth-order valence-electron chi connectivity index (χ4n) is 1.49. The molecule has 1 heterocycles. The average Bonchev–Trinajstić information content (AvgIpc) is 2.15. The molecule has 0 saturated heterocycles. The number of halogens is 1. The lowest BCUT2D eigenvalue weighted by molar-refractivity contribution is 1.05. The summed E-state index contributed by atoms with van der Waals surface area (Å²) in [6.45, 7) is 4.17. The third kappa shape index (κ3) is 2.97. The van der Waals surface area contributed by atoms with Gasteiger partial charge in [-0.15, -0.1) is 0 Å². The summed E-state index contributed by atoms with van der Waals surface area (Å²) >= 11 is 7.33. The first kappa shape index (κ1) is 11.4. The molecule has 2 aromatic rings. The van der Waals surface area contributed by atoms with Crippen LogP contribution in [-0.4, -0.2) is 9.97 Å². The van der Waals surface area contributed by atoms with Crippen LogP contribution >= 0.6 is 23.4 Å². The molecule has 1 aromatic heterocycles. The van der Waals surface area contributed by atoms with Gasteiger partial charge < -0.3 is 0 Å². The summed E-state index contributed by atoms with van der Waals surface area (Å²) in [6.07, 6.45) is 1.67. The van der Waals surface area contributed by atoms with E-state index < -0.39 is 0 Å². The van der Waals surface area contributed by atoms with Crippen molar-refractivity contribution >= 4 is 23.4 Å². The minimum Gasteiger partial charge on any atom is -0.226 e. The summed E-state index contributed by atoms with van der Waals surface area (Å²) in [4.78, 5) is 9.18. The molecule has 0 fully saturated rings. The van der Waals surface area contributed by atoms with E-state index in [1.807, 2.05) is 6.07 Å². The molecule has 0 saturated carbocycles. The number of nitrogens with zero attached hydrogens (tertiary/aromatic N) is 2. The molecular formula is C12H11ClN2S. The molecule has 4 heteroatoms. The van der Waals surface area contributed by atoms with Crippen molar-refractivity contribution in [1.82, 2.24) is 9.97 Å². The second-order valence-electron chi connectivity index (χ2n) is 3.59. The Labute approximate surface area is 104 Å². The number of hydrogen-bond donors (Lipinski definition) is 0. The number of benzene rings is 1. The van der Waals surface area contributed by atoms with Gasteiger partial charge >= 0.3 is 0 Å². The average molecular weight is 251 g/mol. The van der Waals surface area contributed by atoms with Crippen LogP contribution in [0.25, 0.3) is 0 Å². The molecule has 1 aromatic carbocycles. The van der Waals surface area contributed by atoms with Crippen LogP contribution in [0.4, 0.5) is 0 Å². The number of aromatic nitrogens is 2. The van der Waals surface area contributed by atoms with Gasteiger partial charge in [-0.1, -0.05) is 17.8 Å². The lowest BCUT2D eigenvalue weighted by Gasteiger charge is -2.04. The Balaban J connectivity index is 2.27. The van der Waals surface area contributed by atoms with E-state index in [2.05, 4.69) is 42.0 Å². The molecule has 0 bridgehead atoms. The predicted octanol–water partition coefficient (Wildman–Crippen LogP) is 3.90. The topological polar surface area (TPSA) is 25.8 Å². The van der Waals surface area contributed by atoms with Crippen molar-refractivity contribution in [2.75, 3.05) is 0 Å². The van der Waals surface area contributed by atoms with E-state index in [4.69, 9.17) is 11.6 Å². The van der Waals surface area contributed by atoms with Gasteiger partial charge in [-0.05, 0) is 54.8 Å². The van der Waals surface area contributed by atoms with Crippen molar-refractivity contribution in [2.24, 2.45) is 0 Å². The van der Waals surface area contributed by atoms with Crippen molar-refractivity contribution in [3.05, 3.63) is 46.9 Å². The highest BCUT2D eigenvalue weighted by Gasteiger charge is 2.01. The Morgan fingerprint density at radius 3 is 2.44 bits per heavy atom. The van der Waals surface area contributed by atoms with Crippen LogP contribution in [0.2, 0.25) is 5.28 Å². The van der Waals surface area contributed by atoms with Gasteiger partial charge in [-0.2, -0.15) is 0 Å². The highest BCUT2D eigenvalue weighted by molar-refractivity contribution is 7.99. The summed E-state index contributed by atoms with van der Waals surface area (Å²) in [5.41, 5.74) is 2.50. The summed E-state index contributed by atoms with van der Waals surface area (Å²) < 4.78 is 0. The Hall–Kier alpha value is -1.06. The second-order valence-corrected chi connectivity index (χ2v) is 5.02. The van der Waals surface area contributed by atoms with Gasteiger partial charge in [0.25, 0.3) is 0 Å². The molecular weight excluding hydrogens is 240 g/mol. The molecule has 82 valence electrons. The largest absolute Gasteiger partial charge is 0.226 e. The van der Waals surface area contributed by atoms with Crippen LogP contribution in [0.15, 0.2) is 40.4 Å². The number of aryl methyl sites for hydroxylation is 2. The van der Waals surface area contributed by atoms with Gasteiger partial charge in [0.1, 0.15) is 5.03 Å². The zero-order chi connectivity index (χ0) is 11.5. The zero-order valence-electron chi connectivity index (χ0n) is 9.07. The van der Waals surface area contributed by atoms with Gasteiger partial charge in [0, 0.05) is 11.1 Å².